The molecule has 0 bridgehead atoms. The summed E-state index contributed by atoms with van der Waals surface area (Å²) >= 11 is 0. The lowest BCUT2D eigenvalue weighted by Crippen LogP contribution is -2.60. The van der Waals surface area contributed by atoms with Crippen LogP contribution in [-0.4, -0.2) is 36.0 Å². The Labute approximate surface area is 108 Å². The normalized spacial score (nSPS) is 27.7. The minimum absolute atomic E-state index is 0.203. The zero-order chi connectivity index (χ0) is 12.4. The molecule has 1 aromatic carbocycles. The Morgan fingerprint density at radius 1 is 1.17 bits per heavy atom. The Bertz CT molecular complexity index is 416. The van der Waals surface area contributed by atoms with Crippen molar-refractivity contribution in [2.24, 2.45) is 0 Å². The molecule has 2 atom stereocenters. The fourth-order valence-electron chi connectivity index (χ4n) is 3.26. The van der Waals surface area contributed by atoms with Crippen LogP contribution in [0.4, 0.5) is 0 Å². The number of nitrogens with one attached hydrogen (secondary N) is 1. The topological polar surface area (TPSA) is 32.3 Å². The molecule has 0 radical (unpaired) electrons. The van der Waals surface area contributed by atoms with Crippen LogP contribution < -0.4 is 5.32 Å². The van der Waals surface area contributed by atoms with Crippen molar-refractivity contribution in [2.75, 3.05) is 13.1 Å². The molecule has 1 heterocycles. The largest absolute Gasteiger partial charge is 0.333 e. The van der Waals surface area contributed by atoms with Crippen molar-refractivity contribution in [3.05, 3.63) is 35.9 Å². The predicted molar refractivity (Wildman–Crippen MR) is 71.5 cm³/mol. The monoisotopic (exact) mass is 244 g/mol. The third-order valence-corrected chi connectivity index (χ3v) is 4.17. The first-order chi connectivity index (χ1) is 8.86. The second-order valence-corrected chi connectivity index (χ2v) is 5.28. The van der Waals surface area contributed by atoms with E-state index in [-0.39, 0.29) is 5.91 Å². The second kappa shape index (κ2) is 5.11. The summed E-state index contributed by atoms with van der Waals surface area (Å²) in [4.78, 5) is 14.6. The Morgan fingerprint density at radius 2 is 1.94 bits per heavy atom. The molecule has 3 nitrogen and oxygen atoms in total. The molecule has 2 aliphatic rings. The molecule has 1 amide bonds. The van der Waals surface area contributed by atoms with Crippen LogP contribution >= 0.6 is 0 Å². The van der Waals surface area contributed by atoms with Crippen molar-refractivity contribution in [3.8, 4) is 0 Å². The van der Waals surface area contributed by atoms with Crippen LogP contribution in [0.15, 0.2) is 30.3 Å². The summed E-state index contributed by atoms with van der Waals surface area (Å²) in [7, 11) is 0. The van der Waals surface area contributed by atoms with Crippen LogP contribution in [0.2, 0.25) is 0 Å². The maximum absolute atomic E-state index is 12.6. The summed E-state index contributed by atoms with van der Waals surface area (Å²) in [5.74, 6) is 0.203. The average Bonchev–Trinajstić information content (AvgIpc) is 2.47. The molecule has 1 aliphatic carbocycles. The number of benzene rings is 1. The van der Waals surface area contributed by atoms with Gasteiger partial charge < -0.3 is 10.2 Å². The lowest BCUT2D eigenvalue weighted by atomic mass is 9.87. The average molecular weight is 244 g/mol. The highest BCUT2D eigenvalue weighted by molar-refractivity contribution is 5.94. The van der Waals surface area contributed by atoms with E-state index in [1.807, 2.05) is 30.3 Å². The molecule has 1 saturated carbocycles. The Hall–Kier alpha value is -1.35. The smallest absolute Gasteiger partial charge is 0.254 e. The zero-order valence-corrected chi connectivity index (χ0v) is 10.6. The Kier molecular flexibility index (Phi) is 3.33. The van der Waals surface area contributed by atoms with E-state index in [0.717, 1.165) is 25.1 Å². The maximum Gasteiger partial charge on any atom is 0.254 e. The fourth-order valence-corrected chi connectivity index (χ4v) is 3.26. The molecule has 0 aromatic heterocycles. The van der Waals surface area contributed by atoms with E-state index in [2.05, 4.69) is 10.2 Å². The van der Waals surface area contributed by atoms with Gasteiger partial charge in [-0.25, -0.2) is 0 Å². The molecule has 2 fully saturated rings. The van der Waals surface area contributed by atoms with Gasteiger partial charge in [0, 0.05) is 30.7 Å². The van der Waals surface area contributed by atoms with Crippen molar-refractivity contribution in [1.82, 2.24) is 10.2 Å². The zero-order valence-electron chi connectivity index (χ0n) is 10.6. The fraction of sp³-hybridized carbons (Fsp3) is 0.533. The molecular weight excluding hydrogens is 224 g/mol. The van der Waals surface area contributed by atoms with Crippen LogP contribution in [-0.2, 0) is 0 Å². The Morgan fingerprint density at radius 3 is 2.78 bits per heavy atom. The van der Waals surface area contributed by atoms with Crippen LogP contribution in [0.5, 0.6) is 0 Å². The van der Waals surface area contributed by atoms with E-state index in [1.54, 1.807) is 0 Å². The van der Waals surface area contributed by atoms with Crippen LogP contribution in [0.1, 0.15) is 36.0 Å². The van der Waals surface area contributed by atoms with Gasteiger partial charge >= 0.3 is 0 Å². The minimum atomic E-state index is 0.203. The number of fused-ring (bicyclic) bond motifs is 1. The van der Waals surface area contributed by atoms with Crippen molar-refractivity contribution in [2.45, 2.75) is 37.8 Å². The van der Waals surface area contributed by atoms with Gasteiger partial charge in [-0.3, -0.25) is 4.79 Å². The van der Waals surface area contributed by atoms with Gasteiger partial charge in [-0.2, -0.15) is 0 Å². The molecule has 1 aromatic rings. The van der Waals surface area contributed by atoms with Crippen LogP contribution in [0.25, 0.3) is 0 Å². The van der Waals surface area contributed by atoms with E-state index >= 15 is 0 Å². The molecule has 96 valence electrons. The molecule has 0 spiro atoms. The summed E-state index contributed by atoms with van der Waals surface area (Å²) < 4.78 is 0. The van der Waals surface area contributed by atoms with E-state index in [4.69, 9.17) is 0 Å². The molecule has 3 rings (SSSR count). The number of hydrogen-bond acceptors (Lipinski definition) is 2. The van der Waals surface area contributed by atoms with Gasteiger partial charge in [0.2, 0.25) is 0 Å². The van der Waals surface area contributed by atoms with Crippen LogP contribution in [0.3, 0.4) is 0 Å². The molecule has 3 heteroatoms. The van der Waals surface area contributed by atoms with E-state index in [9.17, 15) is 4.79 Å². The number of rotatable bonds is 1. The number of carbonyl (C=O) groups excluding carboxylic acids is 1. The van der Waals surface area contributed by atoms with Crippen molar-refractivity contribution >= 4 is 5.91 Å². The maximum atomic E-state index is 12.6. The van der Waals surface area contributed by atoms with Gasteiger partial charge in [0.1, 0.15) is 0 Å². The lowest BCUT2D eigenvalue weighted by molar-refractivity contribution is 0.0489. The summed E-state index contributed by atoms with van der Waals surface area (Å²) in [6.07, 6.45) is 4.91. The molecule has 18 heavy (non-hydrogen) atoms. The van der Waals surface area contributed by atoms with Crippen molar-refractivity contribution in [3.63, 3.8) is 0 Å². The second-order valence-electron chi connectivity index (χ2n) is 5.28. The highest BCUT2D eigenvalue weighted by atomic mass is 16.2. The Balaban J connectivity index is 1.80. The predicted octanol–water partition coefficient (Wildman–Crippen LogP) is 2.04. The van der Waals surface area contributed by atoms with Gasteiger partial charge in [-0.1, -0.05) is 31.0 Å². The summed E-state index contributed by atoms with van der Waals surface area (Å²) in [6.45, 7) is 1.77. The standard InChI is InChI=1S/C15H20N2O/c18-15(12-6-2-1-3-7-12)17-11-10-16-13-8-4-5-9-14(13)17/h1-3,6-7,13-14,16H,4-5,8-11H2. The first-order valence-corrected chi connectivity index (χ1v) is 6.95. The van der Waals surface area contributed by atoms with Gasteiger partial charge in [-0.05, 0) is 25.0 Å². The number of nitrogens with zero attached hydrogens (tertiary/aromatic N) is 1. The van der Waals surface area contributed by atoms with E-state index in [1.165, 1.54) is 19.3 Å². The number of carbonyl (C=O) groups is 1. The molecule has 1 saturated heterocycles. The van der Waals surface area contributed by atoms with Crippen LogP contribution in [0, 0.1) is 0 Å². The van der Waals surface area contributed by atoms with Gasteiger partial charge in [0.25, 0.3) is 5.91 Å². The van der Waals surface area contributed by atoms with Gasteiger partial charge in [0.05, 0.1) is 0 Å². The summed E-state index contributed by atoms with van der Waals surface area (Å²) in [6, 6.07) is 10.6. The first-order valence-electron chi connectivity index (χ1n) is 6.95. The molecule has 1 aliphatic heterocycles. The quantitative estimate of drug-likeness (QED) is 0.820. The molecule has 2 unspecified atom stereocenters. The van der Waals surface area contributed by atoms with Crippen molar-refractivity contribution < 1.29 is 4.79 Å². The molecule has 1 N–H and O–H groups in total. The number of hydrogen-bond donors (Lipinski definition) is 1. The highest BCUT2D eigenvalue weighted by Gasteiger charge is 2.35. The van der Waals surface area contributed by atoms with E-state index in [0.29, 0.717) is 12.1 Å². The summed E-state index contributed by atoms with van der Waals surface area (Å²) in [5, 5.41) is 3.56. The minimum Gasteiger partial charge on any atom is -0.333 e. The number of piperazine rings is 1. The van der Waals surface area contributed by atoms with Crippen molar-refractivity contribution in [1.29, 1.82) is 0 Å². The highest BCUT2D eigenvalue weighted by Crippen LogP contribution is 2.26. The number of amides is 1. The lowest BCUT2D eigenvalue weighted by Gasteiger charge is -2.44. The van der Waals surface area contributed by atoms with E-state index < -0.39 is 0 Å². The third kappa shape index (κ3) is 2.15. The molecular formula is C15H20N2O. The summed E-state index contributed by atoms with van der Waals surface area (Å²) in [5.41, 5.74) is 0.823. The SMILES string of the molecule is O=C(c1ccccc1)N1CCNC2CCCCC21. The first kappa shape index (κ1) is 11.7. The third-order valence-electron chi connectivity index (χ3n) is 4.17. The van der Waals surface area contributed by atoms with Gasteiger partial charge in [0.15, 0.2) is 0 Å². The van der Waals surface area contributed by atoms with Gasteiger partial charge in [-0.15, -0.1) is 0 Å².